The lowest BCUT2D eigenvalue weighted by atomic mass is 10.1. The van der Waals surface area contributed by atoms with E-state index in [-0.39, 0.29) is 0 Å². The minimum atomic E-state index is -1.00. The van der Waals surface area contributed by atoms with Crippen molar-refractivity contribution in [3.63, 3.8) is 0 Å². The highest BCUT2D eigenvalue weighted by Gasteiger charge is 2.24. The Kier molecular flexibility index (Phi) is 5.32. The average molecular weight is 251 g/mol. The number of carboxylic acids is 1. The van der Waals surface area contributed by atoms with Crippen LogP contribution in [0.1, 0.15) is 12.5 Å². The lowest BCUT2D eigenvalue weighted by molar-refractivity contribution is -0.144. The van der Waals surface area contributed by atoms with Gasteiger partial charge in [-0.1, -0.05) is 30.3 Å². The third-order valence-corrected chi connectivity index (χ3v) is 2.59. The number of carbonyl (C=O) groups excluding carboxylic acids is 1. The van der Waals surface area contributed by atoms with Gasteiger partial charge in [-0.2, -0.15) is 0 Å². The maximum atomic E-state index is 11.6. The Morgan fingerprint density at radius 1 is 1.33 bits per heavy atom. The molecule has 0 aliphatic heterocycles. The van der Waals surface area contributed by atoms with Crippen LogP contribution in [0.3, 0.4) is 0 Å². The molecule has 98 valence electrons. The van der Waals surface area contributed by atoms with E-state index >= 15 is 0 Å². The molecule has 0 aliphatic carbocycles. The van der Waals surface area contributed by atoms with Crippen LogP contribution in [0.15, 0.2) is 30.3 Å². The summed E-state index contributed by atoms with van der Waals surface area (Å²) in [5.41, 5.74) is 0.943. The second-order valence-electron chi connectivity index (χ2n) is 3.99. The molecule has 1 rings (SSSR count). The van der Waals surface area contributed by atoms with Crippen LogP contribution in [0.4, 0.5) is 0 Å². The van der Waals surface area contributed by atoms with Crippen LogP contribution in [0.25, 0.3) is 0 Å². The fourth-order valence-electron chi connectivity index (χ4n) is 1.58. The van der Waals surface area contributed by atoms with Crippen molar-refractivity contribution < 1.29 is 19.4 Å². The van der Waals surface area contributed by atoms with E-state index in [1.165, 1.54) is 14.0 Å². The summed E-state index contributed by atoms with van der Waals surface area (Å²) in [4.78, 5) is 22.4. The van der Waals surface area contributed by atoms with Crippen molar-refractivity contribution >= 4 is 11.9 Å². The van der Waals surface area contributed by atoms with Crippen LogP contribution in [-0.2, 0) is 20.7 Å². The third kappa shape index (κ3) is 4.18. The zero-order valence-electron chi connectivity index (χ0n) is 10.4. The van der Waals surface area contributed by atoms with Crippen molar-refractivity contribution in [3.8, 4) is 0 Å². The van der Waals surface area contributed by atoms with Gasteiger partial charge >= 0.3 is 11.9 Å². The molecule has 1 aromatic carbocycles. The normalized spacial score (nSPS) is 13.7. The van der Waals surface area contributed by atoms with E-state index in [0.717, 1.165) is 5.56 Å². The largest absolute Gasteiger partial charge is 0.480 e. The first-order valence-corrected chi connectivity index (χ1v) is 5.65. The summed E-state index contributed by atoms with van der Waals surface area (Å²) in [5, 5.41) is 11.6. The fraction of sp³-hybridized carbons (Fsp3) is 0.385. The third-order valence-electron chi connectivity index (χ3n) is 2.59. The zero-order chi connectivity index (χ0) is 13.5. The van der Waals surface area contributed by atoms with Crippen LogP contribution in [-0.4, -0.2) is 36.2 Å². The molecule has 0 radical (unpaired) electrons. The standard InChI is InChI=1S/C13H17NO4/c1-9(12(15)16)14-11(13(17)18-2)8-10-6-4-3-5-7-10/h3-7,9,11,14H,8H2,1-2H3,(H,15,16)/t9-,11-/m0/s1. The molecule has 0 bridgehead atoms. The van der Waals surface area contributed by atoms with Gasteiger partial charge in [0.1, 0.15) is 12.1 Å². The summed E-state index contributed by atoms with van der Waals surface area (Å²) in [7, 11) is 1.29. The molecule has 0 spiro atoms. The molecule has 1 aromatic rings. The fourth-order valence-corrected chi connectivity index (χ4v) is 1.58. The van der Waals surface area contributed by atoms with Crippen molar-refractivity contribution in [1.29, 1.82) is 0 Å². The molecule has 5 heteroatoms. The molecule has 2 N–H and O–H groups in total. The Hall–Kier alpha value is -1.88. The molecule has 0 saturated heterocycles. The molecule has 0 amide bonds. The molecule has 0 heterocycles. The van der Waals surface area contributed by atoms with Crippen molar-refractivity contribution in [1.82, 2.24) is 5.32 Å². The lowest BCUT2D eigenvalue weighted by Gasteiger charge is -2.19. The van der Waals surface area contributed by atoms with Crippen molar-refractivity contribution in [2.24, 2.45) is 0 Å². The van der Waals surface area contributed by atoms with Gasteiger partial charge in [-0.05, 0) is 18.9 Å². The molecule has 0 fully saturated rings. The monoisotopic (exact) mass is 251 g/mol. The number of hydrogen-bond donors (Lipinski definition) is 2. The summed E-state index contributed by atoms with van der Waals surface area (Å²) in [6, 6.07) is 7.89. The van der Waals surface area contributed by atoms with E-state index in [1.807, 2.05) is 30.3 Å². The van der Waals surface area contributed by atoms with Crippen molar-refractivity contribution in [2.45, 2.75) is 25.4 Å². The van der Waals surface area contributed by atoms with E-state index in [1.54, 1.807) is 0 Å². The molecule has 5 nitrogen and oxygen atoms in total. The van der Waals surface area contributed by atoms with Crippen LogP contribution in [0, 0.1) is 0 Å². The van der Waals surface area contributed by atoms with Gasteiger partial charge in [-0.15, -0.1) is 0 Å². The maximum Gasteiger partial charge on any atom is 0.323 e. The van der Waals surface area contributed by atoms with E-state index < -0.39 is 24.0 Å². The van der Waals surface area contributed by atoms with Crippen LogP contribution < -0.4 is 5.32 Å². The zero-order valence-corrected chi connectivity index (χ0v) is 10.4. The number of benzene rings is 1. The molecule has 18 heavy (non-hydrogen) atoms. The number of aliphatic carboxylic acids is 1. The number of carboxylic acid groups (broad SMARTS) is 1. The molecular formula is C13H17NO4. The Bertz CT molecular complexity index is 405. The smallest absolute Gasteiger partial charge is 0.323 e. The van der Waals surface area contributed by atoms with Gasteiger partial charge in [0.05, 0.1) is 7.11 Å². The average Bonchev–Trinajstić information content (AvgIpc) is 2.38. The van der Waals surface area contributed by atoms with Gasteiger partial charge in [0.25, 0.3) is 0 Å². The second kappa shape index (κ2) is 6.76. The quantitative estimate of drug-likeness (QED) is 0.732. The summed E-state index contributed by atoms with van der Waals surface area (Å²) in [6.45, 7) is 1.49. The molecule has 0 unspecified atom stereocenters. The van der Waals surface area contributed by atoms with Gasteiger partial charge in [-0.3, -0.25) is 14.9 Å². The summed E-state index contributed by atoms with van der Waals surface area (Å²) in [5.74, 6) is -1.47. The van der Waals surface area contributed by atoms with E-state index in [4.69, 9.17) is 5.11 Å². The number of ether oxygens (including phenoxy) is 1. The Morgan fingerprint density at radius 2 is 1.94 bits per heavy atom. The lowest BCUT2D eigenvalue weighted by Crippen LogP contribution is -2.47. The molecule has 0 aliphatic rings. The number of rotatable bonds is 6. The summed E-state index contributed by atoms with van der Waals surface area (Å²) >= 11 is 0. The van der Waals surface area contributed by atoms with Crippen LogP contribution in [0.5, 0.6) is 0 Å². The minimum absolute atomic E-state index is 0.394. The first-order chi connectivity index (χ1) is 8.54. The number of carbonyl (C=O) groups is 2. The summed E-state index contributed by atoms with van der Waals surface area (Å²) in [6.07, 6.45) is 0.394. The predicted molar refractivity (Wildman–Crippen MR) is 66.2 cm³/mol. The predicted octanol–water partition coefficient (Wildman–Crippen LogP) is 0.833. The Balaban J connectivity index is 2.73. The molecule has 0 aromatic heterocycles. The second-order valence-corrected chi connectivity index (χ2v) is 3.99. The topological polar surface area (TPSA) is 75.6 Å². The van der Waals surface area contributed by atoms with Crippen molar-refractivity contribution in [2.75, 3.05) is 7.11 Å². The van der Waals surface area contributed by atoms with E-state index in [0.29, 0.717) is 6.42 Å². The maximum absolute atomic E-state index is 11.6. The number of nitrogens with one attached hydrogen (secondary N) is 1. The SMILES string of the molecule is COC(=O)[C@H](Cc1ccccc1)N[C@@H](C)C(=O)O. The highest BCUT2D eigenvalue weighted by Crippen LogP contribution is 2.05. The van der Waals surface area contributed by atoms with E-state index in [9.17, 15) is 9.59 Å². The Labute approximate surface area is 106 Å². The number of esters is 1. The van der Waals surface area contributed by atoms with Gasteiger partial charge in [-0.25, -0.2) is 0 Å². The van der Waals surface area contributed by atoms with Crippen LogP contribution >= 0.6 is 0 Å². The van der Waals surface area contributed by atoms with Crippen LogP contribution in [0.2, 0.25) is 0 Å². The van der Waals surface area contributed by atoms with Gasteiger partial charge in [0.15, 0.2) is 0 Å². The number of methoxy groups -OCH3 is 1. The molecular weight excluding hydrogens is 234 g/mol. The first-order valence-electron chi connectivity index (χ1n) is 5.65. The summed E-state index contributed by atoms with van der Waals surface area (Å²) < 4.78 is 4.67. The van der Waals surface area contributed by atoms with Crippen molar-refractivity contribution in [3.05, 3.63) is 35.9 Å². The van der Waals surface area contributed by atoms with Gasteiger partial charge in [0.2, 0.25) is 0 Å². The molecule has 2 atom stereocenters. The molecule has 0 saturated carbocycles. The minimum Gasteiger partial charge on any atom is -0.480 e. The Morgan fingerprint density at radius 3 is 2.44 bits per heavy atom. The van der Waals surface area contributed by atoms with Gasteiger partial charge in [0, 0.05) is 0 Å². The highest BCUT2D eigenvalue weighted by atomic mass is 16.5. The highest BCUT2D eigenvalue weighted by molar-refractivity contribution is 5.78. The number of hydrogen-bond acceptors (Lipinski definition) is 4. The van der Waals surface area contributed by atoms with E-state index in [2.05, 4.69) is 10.1 Å². The van der Waals surface area contributed by atoms with Gasteiger partial charge < -0.3 is 9.84 Å². The first kappa shape index (κ1) is 14.2.